The van der Waals surface area contributed by atoms with Gasteiger partial charge in [0.05, 0.1) is 12.8 Å². The Morgan fingerprint density at radius 1 is 1.09 bits per heavy atom. The molecule has 1 N–H and O–H groups in total. The molecule has 180 valence electrons. The Balaban J connectivity index is 1.26. The number of hydrogen-bond acceptors (Lipinski definition) is 5. The average Bonchev–Trinajstić information content (AvgIpc) is 3.31. The number of halogens is 1. The fourth-order valence-electron chi connectivity index (χ4n) is 4.52. The summed E-state index contributed by atoms with van der Waals surface area (Å²) in [7, 11) is 1.65. The van der Waals surface area contributed by atoms with E-state index in [1.54, 1.807) is 7.11 Å². The van der Waals surface area contributed by atoms with Gasteiger partial charge in [0.2, 0.25) is 5.91 Å². The second-order valence-electron chi connectivity index (χ2n) is 8.89. The molecule has 0 radical (unpaired) electrons. The second kappa shape index (κ2) is 9.96. The van der Waals surface area contributed by atoms with E-state index in [-0.39, 0.29) is 11.8 Å². The molecule has 0 bridgehead atoms. The fraction of sp³-hybridized carbons (Fsp3) is 0.296. The highest BCUT2D eigenvalue weighted by atomic mass is 35.5. The molecule has 1 aliphatic heterocycles. The molecule has 1 saturated heterocycles. The van der Waals surface area contributed by atoms with Gasteiger partial charge in [0, 0.05) is 54.0 Å². The van der Waals surface area contributed by atoms with Crippen LogP contribution < -0.4 is 15.0 Å². The number of ether oxygens (including phenoxy) is 1. The molecule has 3 heterocycles. The van der Waals surface area contributed by atoms with Crippen LogP contribution in [0.15, 0.2) is 60.7 Å². The van der Waals surface area contributed by atoms with Crippen molar-refractivity contribution >= 4 is 29.0 Å². The Morgan fingerprint density at radius 3 is 2.49 bits per heavy atom. The molecule has 8 heteroatoms. The molecule has 0 aliphatic carbocycles. The van der Waals surface area contributed by atoms with Gasteiger partial charge in [-0.1, -0.05) is 35.9 Å². The first-order valence-electron chi connectivity index (χ1n) is 11.8. The third-order valence-corrected chi connectivity index (χ3v) is 6.74. The number of carbonyl (C=O) groups is 1. The summed E-state index contributed by atoms with van der Waals surface area (Å²) in [6, 6.07) is 19.5. The number of aromatic nitrogens is 3. The summed E-state index contributed by atoms with van der Waals surface area (Å²) in [5.74, 6) is 1.93. The van der Waals surface area contributed by atoms with Crippen LogP contribution in [-0.2, 0) is 11.3 Å². The number of amides is 1. The monoisotopic (exact) mass is 489 g/mol. The largest absolute Gasteiger partial charge is 0.497 e. The topological polar surface area (TPSA) is 71.8 Å². The minimum Gasteiger partial charge on any atom is -0.497 e. The van der Waals surface area contributed by atoms with Crippen LogP contribution in [0.1, 0.15) is 24.1 Å². The molecule has 0 atom stereocenters. The number of piperidine rings is 1. The number of fused-ring (bicyclic) bond motifs is 1. The molecule has 0 unspecified atom stereocenters. The molecule has 2 aromatic heterocycles. The normalized spacial score (nSPS) is 14.3. The highest BCUT2D eigenvalue weighted by molar-refractivity contribution is 6.30. The van der Waals surface area contributed by atoms with E-state index in [1.165, 1.54) is 0 Å². The number of aryl methyl sites for hydroxylation is 1. The number of hydrogen-bond donors (Lipinski definition) is 1. The van der Waals surface area contributed by atoms with E-state index in [0.717, 1.165) is 65.7 Å². The summed E-state index contributed by atoms with van der Waals surface area (Å²) in [5.41, 5.74) is 4.66. The van der Waals surface area contributed by atoms with E-state index in [0.29, 0.717) is 11.6 Å². The zero-order chi connectivity index (χ0) is 24.4. The van der Waals surface area contributed by atoms with E-state index in [9.17, 15) is 4.79 Å². The lowest BCUT2D eigenvalue weighted by Gasteiger charge is -2.33. The summed E-state index contributed by atoms with van der Waals surface area (Å²) < 4.78 is 7.10. The standard InChI is InChI=1S/C27H28ClN5O2/c1-18-15-26(33-25(30-18)16-24(31-33)20-5-7-22(28)8-6-20)32-13-11-21(12-14-32)27(34)29-17-19-3-9-23(35-2)10-4-19/h3-10,15-16,21H,11-14,17H2,1-2H3,(H,29,34). The zero-order valence-corrected chi connectivity index (χ0v) is 20.6. The summed E-state index contributed by atoms with van der Waals surface area (Å²) in [6.07, 6.45) is 1.59. The molecule has 1 fully saturated rings. The van der Waals surface area contributed by atoms with Gasteiger partial charge in [0.25, 0.3) is 0 Å². The Bertz CT molecular complexity index is 1330. The van der Waals surface area contributed by atoms with Crippen molar-refractivity contribution < 1.29 is 9.53 Å². The van der Waals surface area contributed by atoms with Gasteiger partial charge in [0.15, 0.2) is 5.65 Å². The minimum atomic E-state index is 0.00479. The summed E-state index contributed by atoms with van der Waals surface area (Å²) in [5, 5.41) is 8.63. The predicted octanol–water partition coefficient (Wildman–Crippen LogP) is 4.90. The van der Waals surface area contributed by atoms with Crippen molar-refractivity contribution in [3.05, 3.63) is 76.9 Å². The van der Waals surface area contributed by atoms with Crippen molar-refractivity contribution in [1.82, 2.24) is 19.9 Å². The number of methoxy groups -OCH3 is 1. The van der Waals surface area contributed by atoms with E-state index in [4.69, 9.17) is 21.4 Å². The quantitative estimate of drug-likeness (QED) is 0.417. The first kappa shape index (κ1) is 23.2. The maximum absolute atomic E-state index is 12.8. The summed E-state index contributed by atoms with van der Waals surface area (Å²) in [4.78, 5) is 19.8. The van der Waals surface area contributed by atoms with E-state index in [1.807, 2.05) is 66.0 Å². The number of nitrogens with zero attached hydrogens (tertiary/aromatic N) is 4. The maximum Gasteiger partial charge on any atom is 0.223 e. The molecule has 35 heavy (non-hydrogen) atoms. The minimum absolute atomic E-state index is 0.00479. The molecule has 7 nitrogen and oxygen atoms in total. The van der Waals surface area contributed by atoms with E-state index < -0.39 is 0 Å². The Morgan fingerprint density at radius 2 is 1.80 bits per heavy atom. The van der Waals surface area contributed by atoms with Crippen LogP contribution in [0.25, 0.3) is 16.9 Å². The van der Waals surface area contributed by atoms with Gasteiger partial charge in [-0.2, -0.15) is 9.61 Å². The van der Waals surface area contributed by atoms with Gasteiger partial charge in [-0.25, -0.2) is 4.98 Å². The van der Waals surface area contributed by atoms with Crippen molar-refractivity contribution in [3.63, 3.8) is 0 Å². The number of rotatable bonds is 6. The number of carbonyl (C=O) groups excluding carboxylic acids is 1. The smallest absolute Gasteiger partial charge is 0.223 e. The SMILES string of the molecule is COc1ccc(CNC(=O)C2CCN(c3cc(C)nc4cc(-c5ccc(Cl)cc5)nn34)CC2)cc1. The molecule has 1 amide bonds. The molecule has 1 aliphatic rings. The highest BCUT2D eigenvalue weighted by Gasteiger charge is 2.26. The van der Waals surface area contributed by atoms with Crippen molar-refractivity contribution in [3.8, 4) is 17.0 Å². The Labute approximate surface area is 209 Å². The summed E-state index contributed by atoms with van der Waals surface area (Å²) >= 11 is 6.04. The van der Waals surface area contributed by atoms with Crippen molar-refractivity contribution in [2.45, 2.75) is 26.3 Å². The first-order chi connectivity index (χ1) is 17.0. The lowest BCUT2D eigenvalue weighted by atomic mass is 9.95. The van der Waals surface area contributed by atoms with Crippen LogP contribution in [0, 0.1) is 12.8 Å². The Hall–Kier alpha value is -3.58. The van der Waals surface area contributed by atoms with Gasteiger partial charge in [-0.3, -0.25) is 4.79 Å². The Kier molecular flexibility index (Phi) is 6.59. The zero-order valence-electron chi connectivity index (χ0n) is 19.9. The highest BCUT2D eigenvalue weighted by Crippen LogP contribution is 2.28. The van der Waals surface area contributed by atoms with Crippen LogP contribution in [0.4, 0.5) is 5.82 Å². The molecular formula is C27H28ClN5O2. The van der Waals surface area contributed by atoms with Crippen LogP contribution in [0.3, 0.4) is 0 Å². The van der Waals surface area contributed by atoms with Crippen molar-refractivity contribution in [2.75, 3.05) is 25.1 Å². The van der Waals surface area contributed by atoms with Crippen molar-refractivity contribution in [1.29, 1.82) is 0 Å². The van der Waals surface area contributed by atoms with Crippen molar-refractivity contribution in [2.24, 2.45) is 5.92 Å². The lowest BCUT2D eigenvalue weighted by Crippen LogP contribution is -2.41. The van der Waals surface area contributed by atoms with Crippen LogP contribution in [0.2, 0.25) is 5.02 Å². The van der Waals surface area contributed by atoms with Gasteiger partial charge in [0.1, 0.15) is 11.6 Å². The van der Waals surface area contributed by atoms with Gasteiger partial charge in [-0.05, 0) is 49.6 Å². The van der Waals surface area contributed by atoms with E-state index >= 15 is 0 Å². The van der Waals surface area contributed by atoms with Crippen LogP contribution in [-0.4, -0.2) is 40.7 Å². The lowest BCUT2D eigenvalue weighted by molar-refractivity contribution is -0.125. The van der Waals surface area contributed by atoms with Gasteiger partial charge in [-0.15, -0.1) is 0 Å². The van der Waals surface area contributed by atoms with Gasteiger partial charge < -0.3 is 15.0 Å². The number of anilines is 1. The third-order valence-electron chi connectivity index (χ3n) is 6.49. The molecule has 4 aromatic rings. The van der Waals surface area contributed by atoms with E-state index in [2.05, 4.69) is 21.3 Å². The molecule has 0 saturated carbocycles. The maximum atomic E-state index is 12.8. The molecule has 5 rings (SSSR count). The van der Waals surface area contributed by atoms with Crippen LogP contribution >= 0.6 is 11.6 Å². The molecule has 2 aromatic carbocycles. The summed E-state index contributed by atoms with van der Waals surface area (Å²) in [6.45, 7) is 4.09. The van der Waals surface area contributed by atoms with Gasteiger partial charge >= 0.3 is 0 Å². The molecule has 0 spiro atoms. The fourth-order valence-corrected chi connectivity index (χ4v) is 4.64. The third kappa shape index (κ3) is 5.10. The average molecular weight is 490 g/mol. The number of nitrogens with one attached hydrogen (secondary N) is 1. The predicted molar refractivity (Wildman–Crippen MR) is 138 cm³/mol. The second-order valence-corrected chi connectivity index (χ2v) is 9.33. The first-order valence-corrected chi connectivity index (χ1v) is 12.2. The molecular weight excluding hydrogens is 462 g/mol. The van der Waals surface area contributed by atoms with Crippen LogP contribution in [0.5, 0.6) is 5.75 Å². The number of benzene rings is 2.